The molecule has 0 atom stereocenters. The Labute approximate surface area is 113 Å². The monoisotopic (exact) mass is 314 g/mol. The molecule has 0 saturated heterocycles. The van der Waals surface area contributed by atoms with Crippen LogP contribution in [-0.2, 0) is 4.74 Å². The van der Waals surface area contributed by atoms with E-state index in [4.69, 9.17) is 9.84 Å². The summed E-state index contributed by atoms with van der Waals surface area (Å²) in [6.07, 6.45) is 5.48. The second kappa shape index (κ2) is 6.12. The molecular formula is C11H15BrN4O2. The van der Waals surface area contributed by atoms with Gasteiger partial charge in [-0.1, -0.05) is 0 Å². The predicted molar refractivity (Wildman–Crippen MR) is 71.9 cm³/mol. The minimum Gasteiger partial charge on any atom is -0.394 e. The van der Waals surface area contributed by atoms with E-state index >= 15 is 0 Å². The number of likely N-dealkylation sites (N-methyl/N-ethyl adjacent to an activating group) is 1. The molecule has 0 radical (unpaired) electrons. The number of aromatic nitrogens is 3. The molecule has 2 rings (SSSR count). The highest BCUT2D eigenvalue weighted by Gasteiger charge is 2.10. The first-order valence-corrected chi connectivity index (χ1v) is 6.40. The number of hydrogen-bond acceptors (Lipinski definition) is 5. The second-order valence-corrected chi connectivity index (χ2v) is 4.62. The molecule has 0 fully saturated rings. The van der Waals surface area contributed by atoms with Crippen LogP contribution in [0.2, 0.25) is 0 Å². The highest BCUT2D eigenvalue weighted by atomic mass is 79.9. The van der Waals surface area contributed by atoms with Crippen LogP contribution >= 0.6 is 15.9 Å². The number of halogens is 1. The van der Waals surface area contributed by atoms with E-state index in [0.717, 1.165) is 16.1 Å². The molecule has 0 saturated carbocycles. The van der Waals surface area contributed by atoms with Crippen LogP contribution in [0, 0.1) is 0 Å². The number of anilines is 1. The molecule has 0 aliphatic carbocycles. The Morgan fingerprint density at radius 2 is 2.33 bits per heavy atom. The van der Waals surface area contributed by atoms with Crippen LogP contribution in [0.3, 0.4) is 0 Å². The zero-order chi connectivity index (χ0) is 13.0. The van der Waals surface area contributed by atoms with Gasteiger partial charge in [0.1, 0.15) is 4.60 Å². The Kier molecular flexibility index (Phi) is 4.51. The average Bonchev–Trinajstić information content (AvgIpc) is 2.81. The van der Waals surface area contributed by atoms with Crippen LogP contribution in [0.4, 0.5) is 5.82 Å². The minimum atomic E-state index is 0.0450. The van der Waals surface area contributed by atoms with Crippen molar-refractivity contribution in [1.82, 2.24) is 14.4 Å². The van der Waals surface area contributed by atoms with Gasteiger partial charge in [0.2, 0.25) is 0 Å². The highest BCUT2D eigenvalue weighted by molar-refractivity contribution is 9.10. The zero-order valence-corrected chi connectivity index (χ0v) is 11.7. The second-order valence-electron chi connectivity index (χ2n) is 3.80. The topological polar surface area (TPSA) is 62.9 Å². The minimum absolute atomic E-state index is 0.0450. The van der Waals surface area contributed by atoms with Crippen molar-refractivity contribution in [3.8, 4) is 0 Å². The van der Waals surface area contributed by atoms with Gasteiger partial charge in [-0.25, -0.2) is 9.97 Å². The lowest BCUT2D eigenvalue weighted by atomic mass is 10.5. The summed E-state index contributed by atoms with van der Waals surface area (Å²) < 4.78 is 7.91. The van der Waals surface area contributed by atoms with Gasteiger partial charge in [0.15, 0.2) is 11.5 Å². The van der Waals surface area contributed by atoms with Crippen molar-refractivity contribution in [3.05, 3.63) is 23.2 Å². The SMILES string of the molecule is CN(CCOCCO)c1nc(Br)cn2ccnc12. The first-order valence-electron chi connectivity index (χ1n) is 5.61. The summed E-state index contributed by atoms with van der Waals surface area (Å²) in [5.41, 5.74) is 0.808. The maximum Gasteiger partial charge on any atom is 0.180 e. The van der Waals surface area contributed by atoms with Crippen molar-refractivity contribution in [2.75, 3.05) is 38.3 Å². The Hall–Kier alpha value is -1.18. The van der Waals surface area contributed by atoms with E-state index in [9.17, 15) is 0 Å². The Morgan fingerprint density at radius 1 is 1.50 bits per heavy atom. The van der Waals surface area contributed by atoms with E-state index in [1.807, 2.05) is 28.7 Å². The molecule has 0 unspecified atom stereocenters. The summed E-state index contributed by atoms with van der Waals surface area (Å²) in [6, 6.07) is 0. The van der Waals surface area contributed by atoms with Gasteiger partial charge in [-0.15, -0.1) is 0 Å². The largest absolute Gasteiger partial charge is 0.394 e. The quantitative estimate of drug-likeness (QED) is 0.804. The predicted octanol–water partition coefficient (Wildman–Crippen LogP) is 0.937. The lowest BCUT2D eigenvalue weighted by molar-refractivity contribution is 0.0971. The molecular weight excluding hydrogens is 300 g/mol. The fourth-order valence-corrected chi connectivity index (χ4v) is 2.00. The molecule has 18 heavy (non-hydrogen) atoms. The molecule has 0 aliphatic rings. The number of aliphatic hydroxyl groups excluding tert-OH is 1. The fraction of sp³-hybridized carbons (Fsp3) is 0.455. The summed E-state index contributed by atoms with van der Waals surface area (Å²) in [7, 11) is 1.94. The first kappa shape index (κ1) is 13.3. The van der Waals surface area contributed by atoms with Crippen molar-refractivity contribution in [2.24, 2.45) is 0 Å². The standard InChI is InChI=1S/C11H15BrN4O2/c1-15(4-6-18-7-5-17)11-10-13-2-3-16(10)8-9(12)14-11/h2-3,8,17H,4-7H2,1H3. The number of ether oxygens (including phenoxy) is 1. The van der Waals surface area contributed by atoms with Gasteiger partial charge >= 0.3 is 0 Å². The van der Waals surface area contributed by atoms with Gasteiger partial charge < -0.3 is 19.1 Å². The Bertz CT molecular complexity index is 517. The lowest BCUT2D eigenvalue weighted by Gasteiger charge is -2.18. The summed E-state index contributed by atoms with van der Waals surface area (Å²) in [5.74, 6) is 0.793. The summed E-state index contributed by atoms with van der Waals surface area (Å²) >= 11 is 3.38. The maximum atomic E-state index is 8.63. The number of rotatable bonds is 6. The van der Waals surface area contributed by atoms with E-state index in [1.165, 1.54) is 0 Å². The third-order valence-electron chi connectivity index (χ3n) is 2.50. The molecule has 2 aromatic rings. The van der Waals surface area contributed by atoms with Crippen LogP contribution in [0.25, 0.3) is 5.65 Å². The van der Waals surface area contributed by atoms with Gasteiger partial charge in [-0.3, -0.25) is 0 Å². The zero-order valence-electron chi connectivity index (χ0n) is 10.1. The van der Waals surface area contributed by atoms with E-state index in [0.29, 0.717) is 19.8 Å². The smallest absolute Gasteiger partial charge is 0.180 e. The molecule has 2 heterocycles. The molecule has 0 spiro atoms. The van der Waals surface area contributed by atoms with Crippen molar-refractivity contribution < 1.29 is 9.84 Å². The molecule has 6 nitrogen and oxygen atoms in total. The number of nitrogens with zero attached hydrogens (tertiary/aromatic N) is 4. The van der Waals surface area contributed by atoms with Gasteiger partial charge in [0, 0.05) is 32.2 Å². The van der Waals surface area contributed by atoms with Crippen LogP contribution in [0.15, 0.2) is 23.2 Å². The molecule has 0 aromatic carbocycles. The average molecular weight is 315 g/mol. The van der Waals surface area contributed by atoms with Gasteiger partial charge in [-0.2, -0.15) is 0 Å². The van der Waals surface area contributed by atoms with Crippen molar-refractivity contribution in [2.45, 2.75) is 0 Å². The maximum absolute atomic E-state index is 8.63. The summed E-state index contributed by atoms with van der Waals surface area (Å²) in [6.45, 7) is 1.63. The third-order valence-corrected chi connectivity index (χ3v) is 2.88. The molecule has 0 bridgehead atoms. The molecule has 0 aliphatic heterocycles. The number of imidazole rings is 1. The van der Waals surface area contributed by atoms with Gasteiger partial charge in [-0.05, 0) is 15.9 Å². The van der Waals surface area contributed by atoms with E-state index in [-0.39, 0.29) is 6.61 Å². The molecule has 98 valence electrons. The van der Waals surface area contributed by atoms with Crippen LogP contribution in [0.1, 0.15) is 0 Å². The third kappa shape index (κ3) is 2.98. The molecule has 2 aromatic heterocycles. The van der Waals surface area contributed by atoms with Gasteiger partial charge in [0.05, 0.1) is 19.8 Å². The van der Waals surface area contributed by atoms with Crippen molar-refractivity contribution in [1.29, 1.82) is 0 Å². The number of aliphatic hydroxyl groups is 1. The lowest BCUT2D eigenvalue weighted by Crippen LogP contribution is -2.24. The summed E-state index contributed by atoms with van der Waals surface area (Å²) in [4.78, 5) is 10.7. The van der Waals surface area contributed by atoms with E-state index < -0.39 is 0 Å². The Morgan fingerprint density at radius 3 is 3.11 bits per heavy atom. The number of fused-ring (bicyclic) bond motifs is 1. The van der Waals surface area contributed by atoms with Crippen LogP contribution in [0.5, 0.6) is 0 Å². The van der Waals surface area contributed by atoms with E-state index in [2.05, 4.69) is 25.9 Å². The normalized spacial score (nSPS) is 11.1. The van der Waals surface area contributed by atoms with Crippen molar-refractivity contribution in [3.63, 3.8) is 0 Å². The van der Waals surface area contributed by atoms with Gasteiger partial charge in [0.25, 0.3) is 0 Å². The molecule has 1 N–H and O–H groups in total. The summed E-state index contributed by atoms with van der Waals surface area (Å²) in [5, 5.41) is 8.63. The highest BCUT2D eigenvalue weighted by Crippen LogP contribution is 2.19. The molecule has 7 heteroatoms. The van der Waals surface area contributed by atoms with Crippen molar-refractivity contribution >= 4 is 27.4 Å². The van der Waals surface area contributed by atoms with E-state index in [1.54, 1.807) is 6.20 Å². The van der Waals surface area contributed by atoms with Crippen LogP contribution in [-0.4, -0.2) is 52.9 Å². The first-order chi connectivity index (χ1) is 8.72. The Balaban J connectivity index is 2.11. The number of hydrogen-bond donors (Lipinski definition) is 1. The van der Waals surface area contributed by atoms with Crippen LogP contribution < -0.4 is 4.90 Å². The fourth-order valence-electron chi connectivity index (χ4n) is 1.62. The molecule has 0 amide bonds.